The van der Waals surface area contributed by atoms with Crippen LogP contribution in [0.1, 0.15) is 90.9 Å². The van der Waals surface area contributed by atoms with Crippen LogP contribution in [0.5, 0.6) is 0 Å². The molecular weight excluding hydrogens is 314 g/mol. The van der Waals surface area contributed by atoms with E-state index in [1.807, 2.05) is 7.05 Å². The van der Waals surface area contributed by atoms with Crippen molar-refractivity contribution in [3.63, 3.8) is 0 Å². The van der Waals surface area contributed by atoms with E-state index >= 15 is 0 Å². The quantitative estimate of drug-likeness (QED) is 0.283. The highest BCUT2D eigenvalue weighted by atomic mass is 14.7. The topological polar surface area (TPSA) is 12.4 Å². The minimum Gasteiger partial charge on any atom is -0.292 e. The van der Waals surface area contributed by atoms with E-state index in [9.17, 15) is 0 Å². The van der Waals surface area contributed by atoms with Gasteiger partial charge in [-0.05, 0) is 74.0 Å². The summed E-state index contributed by atoms with van der Waals surface area (Å²) in [6.45, 7) is 8.59. The summed E-state index contributed by atoms with van der Waals surface area (Å²) >= 11 is 0. The van der Waals surface area contributed by atoms with Gasteiger partial charge in [0.1, 0.15) is 0 Å². The molecule has 1 fully saturated rings. The van der Waals surface area contributed by atoms with E-state index in [4.69, 9.17) is 4.99 Å². The van der Waals surface area contributed by atoms with E-state index in [-0.39, 0.29) is 0 Å². The van der Waals surface area contributed by atoms with Crippen molar-refractivity contribution >= 4 is 5.71 Å². The molecule has 1 heteroatoms. The van der Waals surface area contributed by atoms with Crippen molar-refractivity contribution < 1.29 is 0 Å². The Labute approximate surface area is 162 Å². The van der Waals surface area contributed by atoms with E-state index in [2.05, 4.69) is 38.3 Å². The zero-order chi connectivity index (χ0) is 18.8. The fourth-order valence-electron chi connectivity index (χ4n) is 4.85. The predicted octanol–water partition coefficient (Wildman–Crippen LogP) is 7.60. The van der Waals surface area contributed by atoms with Crippen molar-refractivity contribution in [1.29, 1.82) is 0 Å². The van der Waals surface area contributed by atoms with E-state index in [0.717, 1.165) is 25.2 Å². The third-order valence-corrected chi connectivity index (χ3v) is 6.17. The van der Waals surface area contributed by atoms with Crippen molar-refractivity contribution in [2.24, 2.45) is 16.8 Å². The Morgan fingerprint density at radius 1 is 1.15 bits per heavy atom. The largest absolute Gasteiger partial charge is 0.292 e. The first-order valence-corrected chi connectivity index (χ1v) is 11.0. The number of rotatable bonds is 10. The number of hydrogen-bond donors (Lipinski definition) is 0. The van der Waals surface area contributed by atoms with Gasteiger partial charge in [-0.2, -0.15) is 0 Å². The molecule has 0 radical (unpaired) electrons. The monoisotopic (exact) mass is 353 g/mol. The van der Waals surface area contributed by atoms with Crippen molar-refractivity contribution in [2.75, 3.05) is 7.05 Å². The second kappa shape index (κ2) is 11.4. The second-order valence-corrected chi connectivity index (χ2v) is 7.99. The molecule has 2 rings (SSSR count). The number of allylic oxidation sites excluding steroid dienone is 5. The molecule has 0 aromatic carbocycles. The molecule has 0 saturated heterocycles. The zero-order valence-electron chi connectivity index (χ0n) is 17.4. The normalized spacial score (nSPS) is 18.7. The molecule has 0 aromatic heterocycles. The van der Waals surface area contributed by atoms with Gasteiger partial charge in [0, 0.05) is 18.7 Å². The molecule has 0 amide bonds. The lowest BCUT2D eigenvalue weighted by molar-refractivity contribution is 0.557. The molecule has 2 aliphatic rings. The lowest BCUT2D eigenvalue weighted by atomic mass is 9.81. The van der Waals surface area contributed by atoms with Crippen LogP contribution in [0, 0.1) is 11.8 Å². The summed E-state index contributed by atoms with van der Waals surface area (Å²) in [7, 11) is 1.99. The molecule has 0 aromatic rings. The molecule has 1 saturated carbocycles. The van der Waals surface area contributed by atoms with Crippen molar-refractivity contribution in [1.82, 2.24) is 0 Å². The molecule has 144 valence electrons. The molecule has 1 nitrogen and oxygen atoms in total. The lowest BCUT2D eigenvalue weighted by Crippen LogP contribution is -2.19. The summed E-state index contributed by atoms with van der Waals surface area (Å²) in [4.78, 5) is 4.80. The van der Waals surface area contributed by atoms with Crippen LogP contribution in [-0.4, -0.2) is 12.8 Å². The Balaban J connectivity index is 2.10. The standard InChI is InChI=1S/C25H39N/c1-5-12-23(13-6-2)25(26-4)24-17-11-10-16-22(24)19-18-20(7-3)21-14-8-9-15-21/h16-17,21,23H,3,5-6,8-15,18-19H2,1-2,4H3. The van der Waals surface area contributed by atoms with Gasteiger partial charge in [0.05, 0.1) is 0 Å². The van der Waals surface area contributed by atoms with Gasteiger partial charge in [-0.1, -0.05) is 58.3 Å². The first-order valence-electron chi connectivity index (χ1n) is 11.0. The van der Waals surface area contributed by atoms with Gasteiger partial charge in [0.2, 0.25) is 0 Å². The molecule has 0 unspecified atom stereocenters. The molecular formula is C25H39N. The SMILES string of the molecule is C=C=C(CCC1=CCCC=C1C(=NC)C(CCC)CCC)C1CCCC1. The maximum atomic E-state index is 4.80. The van der Waals surface area contributed by atoms with Crippen LogP contribution >= 0.6 is 0 Å². The van der Waals surface area contributed by atoms with Gasteiger partial charge in [0.15, 0.2) is 0 Å². The maximum Gasteiger partial charge on any atom is 0.0447 e. The minimum atomic E-state index is 0.618. The van der Waals surface area contributed by atoms with Crippen molar-refractivity contribution in [2.45, 2.75) is 90.9 Å². The van der Waals surface area contributed by atoms with Crippen LogP contribution < -0.4 is 0 Å². The maximum absolute atomic E-state index is 4.80. The summed E-state index contributed by atoms with van der Waals surface area (Å²) < 4.78 is 0. The zero-order valence-corrected chi connectivity index (χ0v) is 17.4. The first kappa shape index (κ1) is 21.0. The summed E-state index contributed by atoms with van der Waals surface area (Å²) in [6.07, 6.45) is 20.0. The van der Waals surface area contributed by atoms with Gasteiger partial charge in [0.25, 0.3) is 0 Å². The Bertz CT molecular complexity index is 571. The Morgan fingerprint density at radius 3 is 2.38 bits per heavy atom. The van der Waals surface area contributed by atoms with Gasteiger partial charge in [-0.15, -0.1) is 5.73 Å². The summed E-state index contributed by atoms with van der Waals surface area (Å²) in [5.41, 5.74) is 9.12. The Hall–Kier alpha value is -1.33. The van der Waals surface area contributed by atoms with Gasteiger partial charge >= 0.3 is 0 Å². The van der Waals surface area contributed by atoms with Crippen LogP contribution in [-0.2, 0) is 0 Å². The second-order valence-electron chi connectivity index (χ2n) is 7.99. The fourth-order valence-corrected chi connectivity index (χ4v) is 4.85. The molecule has 0 spiro atoms. The molecule has 0 aliphatic heterocycles. The molecule has 0 atom stereocenters. The van der Waals surface area contributed by atoms with Gasteiger partial charge in [-0.3, -0.25) is 4.99 Å². The van der Waals surface area contributed by atoms with Crippen molar-refractivity contribution in [3.05, 3.63) is 41.2 Å². The molecule has 26 heavy (non-hydrogen) atoms. The van der Waals surface area contributed by atoms with Crippen LogP contribution in [0.25, 0.3) is 0 Å². The average Bonchev–Trinajstić information content (AvgIpc) is 3.19. The molecule has 2 aliphatic carbocycles. The third-order valence-electron chi connectivity index (χ3n) is 6.17. The van der Waals surface area contributed by atoms with E-state index < -0.39 is 0 Å². The number of aliphatic imine (C=N–C) groups is 1. The Kier molecular flexibility index (Phi) is 9.19. The fraction of sp³-hybridized carbons (Fsp3) is 0.680. The first-order chi connectivity index (χ1) is 12.7. The van der Waals surface area contributed by atoms with E-state index in [1.165, 1.54) is 80.2 Å². The van der Waals surface area contributed by atoms with Crippen molar-refractivity contribution in [3.8, 4) is 0 Å². The number of nitrogens with zero attached hydrogens (tertiary/aromatic N) is 1. The average molecular weight is 354 g/mol. The van der Waals surface area contributed by atoms with Crippen LogP contribution in [0.4, 0.5) is 0 Å². The highest BCUT2D eigenvalue weighted by Crippen LogP contribution is 2.35. The van der Waals surface area contributed by atoms with Gasteiger partial charge < -0.3 is 0 Å². The summed E-state index contributed by atoms with van der Waals surface area (Å²) in [5.74, 6) is 1.36. The molecule has 0 heterocycles. The highest BCUT2D eigenvalue weighted by molar-refractivity contribution is 6.05. The predicted molar refractivity (Wildman–Crippen MR) is 116 cm³/mol. The highest BCUT2D eigenvalue weighted by Gasteiger charge is 2.23. The van der Waals surface area contributed by atoms with Crippen LogP contribution in [0.3, 0.4) is 0 Å². The number of hydrogen-bond acceptors (Lipinski definition) is 1. The summed E-state index contributed by atoms with van der Waals surface area (Å²) in [6, 6.07) is 0. The third kappa shape index (κ3) is 5.58. The minimum absolute atomic E-state index is 0.618. The van der Waals surface area contributed by atoms with Gasteiger partial charge in [-0.25, -0.2) is 0 Å². The lowest BCUT2D eigenvalue weighted by Gasteiger charge is -2.25. The summed E-state index contributed by atoms with van der Waals surface area (Å²) in [5, 5.41) is 0. The van der Waals surface area contributed by atoms with E-state index in [1.54, 1.807) is 0 Å². The van der Waals surface area contributed by atoms with Crippen LogP contribution in [0.15, 0.2) is 46.2 Å². The Morgan fingerprint density at radius 2 is 1.81 bits per heavy atom. The molecule has 0 N–H and O–H groups in total. The van der Waals surface area contributed by atoms with E-state index in [0.29, 0.717) is 5.92 Å². The molecule has 0 bridgehead atoms. The van der Waals surface area contributed by atoms with Crippen LogP contribution in [0.2, 0.25) is 0 Å². The smallest absolute Gasteiger partial charge is 0.0447 e.